The zero-order chi connectivity index (χ0) is 63.7. The number of ether oxygens (including phenoxy) is 5. The molecule has 13 unspecified atom stereocenters. The highest BCUT2D eigenvalue weighted by Crippen LogP contribution is 2.70. The van der Waals surface area contributed by atoms with Crippen molar-refractivity contribution in [3.63, 3.8) is 0 Å². The summed E-state index contributed by atoms with van der Waals surface area (Å²) in [6.07, 6.45) is 12.3. The number of carbonyl (C=O) groups is 6. The van der Waals surface area contributed by atoms with E-state index >= 15 is 0 Å². The highest BCUT2D eigenvalue weighted by molar-refractivity contribution is 7.98. The normalized spacial score (nSPS) is 34.7. The third-order valence-electron chi connectivity index (χ3n) is 21.0. The van der Waals surface area contributed by atoms with E-state index in [1.165, 1.54) is 32.0 Å². The average Bonchev–Trinajstić information content (AvgIpc) is 1.41. The molecular formula is C64H81BCl2F4O14S. The van der Waals surface area contributed by atoms with Gasteiger partial charge in [-0.25, -0.2) is 19.2 Å². The molecule has 2 aromatic rings. The van der Waals surface area contributed by atoms with Gasteiger partial charge in [-0.1, -0.05) is 92.4 Å². The SMILES string of the molecule is CCOC(=O)O[C@]1(C(=O)O)CCC2C3CCC4=CC(=O)C=CC4(C)C3C(O)CC21C.CCOC(=O)O[C@]1(C(=O)OCCl)CCC2C3CCC4=CC(=O)C=CC4(C)C3C(O)CC21C.Cc1cc([S+](CCl)c2ccccc2)c(C)c(C)c1C.F[B-](F)(F)F. The predicted octanol–water partition coefficient (Wildman–Crippen LogP) is 13.6. The van der Waals surface area contributed by atoms with Crippen LogP contribution in [0.4, 0.5) is 26.9 Å². The number of esters is 1. The summed E-state index contributed by atoms with van der Waals surface area (Å²) in [5.74, 6) is -1.93. The van der Waals surface area contributed by atoms with E-state index in [-0.39, 0.29) is 103 Å². The zero-order valence-corrected chi connectivity index (χ0v) is 52.9. The number of ketones is 2. The van der Waals surface area contributed by atoms with E-state index in [2.05, 4.69) is 77.9 Å². The molecule has 472 valence electrons. The Hall–Kier alpha value is -5.15. The molecule has 6 fully saturated rings. The van der Waals surface area contributed by atoms with Crippen molar-refractivity contribution < 1.29 is 85.0 Å². The fourth-order valence-electron chi connectivity index (χ4n) is 16.7. The maximum atomic E-state index is 13.2. The first-order valence-electron chi connectivity index (χ1n) is 29.5. The van der Waals surface area contributed by atoms with Gasteiger partial charge < -0.3 is 56.3 Å². The van der Waals surface area contributed by atoms with Gasteiger partial charge in [0.1, 0.15) is 0 Å². The molecule has 22 heteroatoms. The minimum absolute atomic E-state index is 0.0131. The van der Waals surface area contributed by atoms with Gasteiger partial charge in [-0.3, -0.25) is 9.59 Å². The van der Waals surface area contributed by atoms with Gasteiger partial charge in [0.25, 0.3) is 0 Å². The highest BCUT2D eigenvalue weighted by Gasteiger charge is 2.73. The van der Waals surface area contributed by atoms with E-state index in [0.717, 1.165) is 36.8 Å². The van der Waals surface area contributed by atoms with Crippen LogP contribution in [0.25, 0.3) is 0 Å². The number of carbonyl (C=O) groups excluding carboxylic acids is 5. The number of carboxylic acids is 1. The largest absolute Gasteiger partial charge is 0.673 e. The molecule has 3 N–H and O–H groups in total. The van der Waals surface area contributed by atoms with Gasteiger partial charge in [-0.15, -0.1) is 0 Å². The fraction of sp³-hybridized carbons (Fsp3) is 0.594. The Kier molecular flexibility index (Phi) is 21.1. The van der Waals surface area contributed by atoms with Crippen molar-refractivity contribution in [2.24, 2.45) is 57.2 Å². The van der Waals surface area contributed by atoms with Crippen LogP contribution in [-0.2, 0) is 53.8 Å². The van der Waals surface area contributed by atoms with Gasteiger partial charge in [0.05, 0.1) is 36.3 Å². The van der Waals surface area contributed by atoms with Gasteiger partial charge in [0.2, 0.25) is 11.2 Å². The van der Waals surface area contributed by atoms with Crippen LogP contribution in [0, 0.1) is 84.9 Å². The van der Waals surface area contributed by atoms with E-state index in [1.807, 2.05) is 26.0 Å². The monoisotopic (exact) mass is 1260 g/mol. The summed E-state index contributed by atoms with van der Waals surface area (Å²) < 4.78 is 65.3. The molecule has 14 nitrogen and oxygen atoms in total. The second kappa shape index (κ2) is 26.5. The molecular weight excluding hydrogens is 1180 g/mol. The smallest absolute Gasteiger partial charge is 0.478 e. The first-order chi connectivity index (χ1) is 40.3. The summed E-state index contributed by atoms with van der Waals surface area (Å²) in [5, 5.41) is 33.6. The molecule has 0 aliphatic heterocycles. The number of halogens is 6. The van der Waals surface area contributed by atoms with Gasteiger partial charge in [-0.2, -0.15) is 0 Å². The van der Waals surface area contributed by atoms with E-state index in [4.69, 9.17) is 46.9 Å². The van der Waals surface area contributed by atoms with Crippen LogP contribution in [0.15, 0.2) is 93.8 Å². The number of rotatable bonds is 10. The third-order valence-corrected chi connectivity index (χ3v) is 23.7. The maximum absolute atomic E-state index is 13.2. The second-order valence-corrected chi connectivity index (χ2v) is 27.7. The second-order valence-electron chi connectivity index (χ2n) is 24.9. The average molecular weight is 1260 g/mol. The van der Waals surface area contributed by atoms with Crippen molar-refractivity contribution in [2.75, 3.05) is 24.5 Å². The van der Waals surface area contributed by atoms with Crippen LogP contribution in [0.2, 0.25) is 0 Å². The van der Waals surface area contributed by atoms with E-state index in [1.54, 1.807) is 38.2 Å². The minimum atomic E-state index is -6.00. The Bertz CT molecular complexity index is 3040. The van der Waals surface area contributed by atoms with Gasteiger partial charge >= 0.3 is 31.5 Å². The number of carboxylic acid groups (broad SMARTS) is 1. The zero-order valence-electron chi connectivity index (χ0n) is 50.5. The standard InChI is InChI=1S/C24H31ClO7.C23H30O7.C17H20ClS.BF4/c1-4-30-21(29)32-24(20(28)31-13-25)10-8-17-16-6-5-14-11-15(26)7-9-22(14,2)19(16)18(27)12-23(17,24)3;1-4-29-20(28)30-23(19(26)27)10-8-16-15-6-5-13-11-14(24)7-9-21(13,2)18(15)17(25)12-22(16,23)3;1-12-10-17(15(4)14(3)13(12)2)19(11-18)16-8-6-5-7-9-16;2-1(3,4)5/h7,9,11,16-19,27H,4-6,8,10,12-13H2,1-3H3;7,9,11,15-18,25H,4-6,8,10,12H2,1-3H3,(H,26,27);5-10H,11H2,1-4H3;/q;;+1;-1/t16?,17?,18?,19?,22?,23?,24-;15?,16?,17?,18?,21?,22?,23-;;/m00../s1. The molecule has 0 radical (unpaired) electrons. The lowest BCUT2D eigenvalue weighted by Crippen LogP contribution is -2.62. The molecule has 6 saturated carbocycles. The first kappa shape index (κ1) is 68.3. The molecule has 0 saturated heterocycles. The van der Waals surface area contributed by atoms with Crippen molar-refractivity contribution in [3.8, 4) is 0 Å². The predicted molar refractivity (Wildman–Crippen MR) is 319 cm³/mol. The number of aliphatic hydroxyl groups excluding tert-OH is 2. The summed E-state index contributed by atoms with van der Waals surface area (Å²) in [7, 11) is -6.03. The number of aliphatic hydroxyl groups is 2. The summed E-state index contributed by atoms with van der Waals surface area (Å²) in [5.41, 5.74) is 1.77. The van der Waals surface area contributed by atoms with Crippen LogP contribution in [0.1, 0.15) is 128 Å². The summed E-state index contributed by atoms with van der Waals surface area (Å²) >= 11 is 12.0. The number of alkyl halides is 2. The van der Waals surface area contributed by atoms with Gasteiger partial charge in [-0.05, 0) is 189 Å². The lowest BCUT2D eigenvalue weighted by Gasteiger charge is -2.59. The highest BCUT2D eigenvalue weighted by atomic mass is 35.5. The molecule has 2 aromatic carbocycles. The molecule has 0 aromatic heterocycles. The van der Waals surface area contributed by atoms with E-state index in [0.29, 0.717) is 18.1 Å². The molecule has 0 heterocycles. The van der Waals surface area contributed by atoms with Crippen molar-refractivity contribution in [1.29, 1.82) is 0 Å². The van der Waals surface area contributed by atoms with Crippen molar-refractivity contribution in [3.05, 3.63) is 106 Å². The Morgan fingerprint density at radius 1 is 0.663 bits per heavy atom. The Morgan fingerprint density at radius 2 is 1.10 bits per heavy atom. The van der Waals surface area contributed by atoms with Gasteiger partial charge in [0.15, 0.2) is 32.6 Å². The molecule has 86 heavy (non-hydrogen) atoms. The summed E-state index contributed by atoms with van der Waals surface area (Å²) in [6, 6.07) is 12.5. The van der Waals surface area contributed by atoms with Crippen LogP contribution >= 0.6 is 23.2 Å². The van der Waals surface area contributed by atoms with E-state index < -0.39 is 76.6 Å². The fourth-order valence-corrected chi connectivity index (χ4v) is 19.4. The maximum Gasteiger partial charge on any atom is 0.673 e. The topological polar surface area (TPSA) is 209 Å². The number of aryl methyl sites for hydroxylation is 1. The van der Waals surface area contributed by atoms with Gasteiger partial charge in [0, 0.05) is 39.1 Å². The lowest BCUT2D eigenvalue weighted by atomic mass is 9.46. The van der Waals surface area contributed by atoms with Crippen LogP contribution in [0.3, 0.4) is 0 Å². The Labute approximate surface area is 514 Å². The van der Waals surface area contributed by atoms with E-state index in [9.17, 15) is 61.3 Å². The number of allylic oxidation sites excluding steroid dienone is 8. The molecule has 0 spiro atoms. The minimum Gasteiger partial charge on any atom is -0.478 e. The number of fused-ring (bicyclic) bond motifs is 10. The molecule has 10 rings (SSSR count). The quantitative estimate of drug-likeness (QED) is 0.0505. The summed E-state index contributed by atoms with van der Waals surface area (Å²) in [6.45, 7) is 20.2. The van der Waals surface area contributed by atoms with Crippen molar-refractivity contribution in [2.45, 2.75) is 167 Å². The van der Waals surface area contributed by atoms with Crippen molar-refractivity contribution in [1.82, 2.24) is 0 Å². The Morgan fingerprint density at radius 3 is 1.53 bits per heavy atom. The van der Waals surface area contributed by atoms with Crippen LogP contribution < -0.4 is 0 Å². The number of benzene rings is 2. The lowest BCUT2D eigenvalue weighted by molar-refractivity contribution is -0.199. The molecule has 15 atom stereocenters. The molecule has 0 bridgehead atoms. The number of hydrogen-bond donors (Lipinski definition) is 3. The molecule has 0 amide bonds. The molecule has 8 aliphatic carbocycles. The first-order valence-corrected chi connectivity index (χ1v) is 31.9. The summed E-state index contributed by atoms with van der Waals surface area (Å²) in [4.78, 5) is 76.7. The number of hydrogen-bond acceptors (Lipinski definition) is 13. The number of aliphatic carboxylic acids is 1. The van der Waals surface area contributed by atoms with Crippen LogP contribution in [-0.4, -0.2) is 106 Å². The third kappa shape index (κ3) is 12.7. The van der Waals surface area contributed by atoms with Crippen LogP contribution in [0.5, 0.6) is 0 Å². The van der Waals surface area contributed by atoms with Crippen molar-refractivity contribution >= 4 is 77.2 Å². The Balaban J connectivity index is 0.000000182. The molecule has 8 aliphatic rings.